The van der Waals surface area contributed by atoms with Gasteiger partial charge in [-0.1, -0.05) is 24.4 Å². The smallest absolute Gasteiger partial charge is 0.244 e. The Balaban J connectivity index is 1.76. The summed E-state index contributed by atoms with van der Waals surface area (Å²) in [7, 11) is 0. The second-order valence-corrected chi connectivity index (χ2v) is 5.47. The van der Waals surface area contributed by atoms with E-state index in [0.717, 1.165) is 18.5 Å². The fraction of sp³-hybridized carbons (Fsp3) is 0.583. The number of aromatic nitrogens is 3. The zero-order valence-electron chi connectivity index (χ0n) is 10.1. The molecule has 0 radical (unpaired) electrons. The Morgan fingerprint density at radius 2 is 2.17 bits per heavy atom. The summed E-state index contributed by atoms with van der Waals surface area (Å²) in [5, 5.41) is 5.86. The molecule has 1 atom stereocenters. The van der Waals surface area contributed by atoms with Crippen LogP contribution in [0.4, 0.5) is 0 Å². The normalized spacial score (nSPS) is 18.9. The minimum absolute atomic E-state index is 0.134. The molecule has 0 saturated heterocycles. The van der Waals surface area contributed by atoms with Gasteiger partial charge in [0, 0.05) is 5.38 Å². The predicted octanol–water partition coefficient (Wildman–Crippen LogP) is 2.77. The fourth-order valence-corrected chi connectivity index (χ4v) is 3.02. The van der Waals surface area contributed by atoms with E-state index in [1.165, 1.54) is 30.6 Å². The van der Waals surface area contributed by atoms with Gasteiger partial charge in [-0.25, -0.2) is 4.98 Å². The molecule has 0 bridgehead atoms. The van der Waals surface area contributed by atoms with Crippen LogP contribution in [0.1, 0.15) is 44.0 Å². The van der Waals surface area contributed by atoms with Gasteiger partial charge in [0.1, 0.15) is 5.69 Å². The highest BCUT2D eigenvalue weighted by Gasteiger charge is 2.26. The molecule has 1 saturated carbocycles. The highest BCUT2D eigenvalue weighted by molar-refractivity contribution is 7.07. The van der Waals surface area contributed by atoms with Crippen LogP contribution in [-0.2, 0) is 0 Å². The van der Waals surface area contributed by atoms with Crippen LogP contribution in [-0.4, -0.2) is 15.1 Å². The highest BCUT2D eigenvalue weighted by atomic mass is 32.1. The summed E-state index contributed by atoms with van der Waals surface area (Å²) >= 11 is 1.52. The molecule has 2 N–H and O–H groups in total. The van der Waals surface area contributed by atoms with Crippen molar-refractivity contribution in [3.8, 4) is 11.5 Å². The lowest BCUT2D eigenvalue weighted by Gasteiger charge is -2.24. The first-order valence-electron chi connectivity index (χ1n) is 6.32. The van der Waals surface area contributed by atoms with Crippen LogP contribution in [0.3, 0.4) is 0 Å². The van der Waals surface area contributed by atoms with E-state index < -0.39 is 0 Å². The van der Waals surface area contributed by atoms with E-state index in [9.17, 15) is 0 Å². The van der Waals surface area contributed by atoms with Gasteiger partial charge in [0.2, 0.25) is 11.7 Å². The number of nitrogens with two attached hydrogens (primary N) is 1. The molecule has 18 heavy (non-hydrogen) atoms. The van der Waals surface area contributed by atoms with Crippen molar-refractivity contribution < 1.29 is 4.52 Å². The van der Waals surface area contributed by atoms with Gasteiger partial charge >= 0.3 is 0 Å². The van der Waals surface area contributed by atoms with E-state index in [1.807, 2.05) is 5.38 Å². The lowest BCUT2D eigenvalue weighted by atomic mass is 9.84. The van der Waals surface area contributed by atoms with Crippen molar-refractivity contribution in [2.75, 3.05) is 0 Å². The van der Waals surface area contributed by atoms with E-state index in [-0.39, 0.29) is 6.04 Å². The van der Waals surface area contributed by atoms with Gasteiger partial charge in [-0.2, -0.15) is 4.98 Å². The van der Waals surface area contributed by atoms with Crippen molar-refractivity contribution in [1.82, 2.24) is 15.1 Å². The van der Waals surface area contributed by atoms with Crippen molar-refractivity contribution >= 4 is 11.3 Å². The molecule has 0 aliphatic heterocycles. The summed E-state index contributed by atoms with van der Waals surface area (Å²) in [5.74, 6) is 1.56. The third-order valence-electron chi connectivity index (χ3n) is 3.55. The number of hydrogen-bond acceptors (Lipinski definition) is 6. The van der Waals surface area contributed by atoms with Gasteiger partial charge in [0.15, 0.2) is 0 Å². The predicted molar refractivity (Wildman–Crippen MR) is 68.9 cm³/mol. The van der Waals surface area contributed by atoms with Crippen LogP contribution < -0.4 is 5.73 Å². The van der Waals surface area contributed by atoms with E-state index in [1.54, 1.807) is 5.51 Å². The van der Waals surface area contributed by atoms with Gasteiger partial charge in [0.05, 0.1) is 11.6 Å². The first-order chi connectivity index (χ1) is 8.84. The quantitative estimate of drug-likeness (QED) is 0.922. The minimum Gasteiger partial charge on any atom is -0.337 e. The Morgan fingerprint density at radius 1 is 1.33 bits per heavy atom. The number of thiazole rings is 1. The lowest BCUT2D eigenvalue weighted by Crippen LogP contribution is -2.23. The average Bonchev–Trinajstić information content (AvgIpc) is 3.09. The first-order valence-corrected chi connectivity index (χ1v) is 7.26. The van der Waals surface area contributed by atoms with Gasteiger partial charge in [0.25, 0.3) is 0 Å². The molecule has 1 fully saturated rings. The molecular formula is C12H16N4OS. The number of nitrogens with zero attached hydrogens (tertiary/aromatic N) is 3. The molecule has 0 aromatic carbocycles. The third kappa shape index (κ3) is 2.30. The van der Waals surface area contributed by atoms with Crippen molar-refractivity contribution in [3.63, 3.8) is 0 Å². The number of rotatable bonds is 3. The minimum atomic E-state index is -0.134. The van der Waals surface area contributed by atoms with Crippen molar-refractivity contribution in [2.45, 2.75) is 38.1 Å². The molecule has 0 amide bonds. The third-order valence-corrected chi connectivity index (χ3v) is 4.13. The fourth-order valence-electron chi connectivity index (χ4n) is 2.49. The van der Waals surface area contributed by atoms with Gasteiger partial charge in [-0.3, -0.25) is 0 Å². The highest BCUT2D eigenvalue weighted by Crippen LogP contribution is 2.32. The Hall–Kier alpha value is -1.27. The summed E-state index contributed by atoms with van der Waals surface area (Å²) in [6.45, 7) is 0. The average molecular weight is 264 g/mol. The molecule has 1 aliphatic carbocycles. The Bertz CT molecular complexity index is 490. The van der Waals surface area contributed by atoms with E-state index >= 15 is 0 Å². The molecule has 6 heteroatoms. The molecule has 5 nitrogen and oxygen atoms in total. The molecule has 3 rings (SSSR count). The lowest BCUT2D eigenvalue weighted by molar-refractivity contribution is 0.255. The molecule has 1 aliphatic rings. The molecular weight excluding hydrogens is 248 g/mol. The van der Waals surface area contributed by atoms with Crippen molar-refractivity contribution in [2.24, 2.45) is 11.7 Å². The zero-order chi connectivity index (χ0) is 12.4. The molecule has 2 aromatic rings. The van der Waals surface area contributed by atoms with Crippen LogP contribution in [0.15, 0.2) is 15.4 Å². The first kappa shape index (κ1) is 11.8. The SMILES string of the molecule is NC(c1nc(-c2cscn2)no1)C1CCCCC1. The summed E-state index contributed by atoms with van der Waals surface area (Å²) in [4.78, 5) is 8.53. The molecule has 2 aromatic heterocycles. The van der Waals surface area contributed by atoms with E-state index in [0.29, 0.717) is 17.6 Å². The van der Waals surface area contributed by atoms with Crippen LogP contribution in [0.5, 0.6) is 0 Å². The van der Waals surface area contributed by atoms with Gasteiger partial charge in [-0.05, 0) is 18.8 Å². The standard InChI is InChI=1S/C12H16N4OS/c13-10(8-4-2-1-3-5-8)12-15-11(16-17-12)9-6-18-7-14-9/h6-8,10H,1-5,13H2. The van der Waals surface area contributed by atoms with Crippen molar-refractivity contribution in [1.29, 1.82) is 0 Å². The van der Waals surface area contributed by atoms with Gasteiger partial charge < -0.3 is 10.3 Å². The Kier molecular flexibility index (Phi) is 3.38. The summed E-state index contributed by atoms with van der Waals surface area (Å²) in [5.41, 5.74) is 8.73. The van der Waals surface area contributed by atoms with E-state index in [4.69, 9.17) is 10.3 Å². The van der Waals surface area contributed by atoms with Crippen LogP contribution >= 0.6 is 11.3 Å². The second kappa shape index (κ2) is 5.16. The molecule has 0 spiro atoms. The van der Waals surface area contributed by atoms with Crippen LogP contribution in [0, 0.1) is 5.92 Å². The van der Waals surface area contributed by atoms with Crippen LogP contribution in [0.2, 0.25) is 0 Å². The summed E-state index contributed by atoms with van der Waals surface area (Å²) in [6, 6.07) is -0.134. The summed E-state index contributed by atoms with van der Waals surface area (Å²) < 4.78 is 5.28. The van der Waals surface area contributed by atoms with Crippen molar-refractivity contribution in [3.05, 3.63) is 16.8 Å². The molecule has 1 unspecified atom stereocenters. The Labute approximate surface area is 109 Å². The van der Waals surface area contributed by atoms with Crippen LogP contribution in [0.25, 0.3) is 11.5 Å². The maximum absolute atomic E-state index is 6.22. The zero-order valence-corrected chi connectivity index (χ0v) is 10.9. The largest absolute Gasteiger partial charge is 0.337 e. The Morgan fingerprint density at radius 3 is 2.89 bits per heavy atom. The number of hydrogen-bond donors (Lipinski definition) is 1. The molecule has 2 heterocycles. The summed E-state index contributed by atoms with van der Waals surface area (Å²) in [6.07, 6.45) is 6.15. The van der Waals surface area contributed by atoms with E-state index in [2.05, 4.69) is 15.1 Å². The second-order valence-electron chi connectivity index (χ2n) is 4.75. The molecule has 96 valence electrons. The van der Waals surface area contributed by atoms with Gasteiger partial charge in [-0.15, -0.1) is 11.3 Å². The maximum atomic E-state index is 6.22. The monoisotopic (exact) mass is 264 g/mol. The maximum Gasteiger partial charge on any atom is 0.244 e. The topological polar surface area (TPSA) is 77.8 Å².